The Morgan fingerprint density at radius 1 is 1.20 bits per heavy atom. The Bertz CT molecular complexity index is 471. The fraction of sp³-hybridized carbons (Fsp3) is 0.231. The van der Waals surface area contributed by atoms with Crippen LogP contribution in [0.2, 0.25) is 0 Å². The molecule has 78 valence electrons. The molecule has 15 heavy (non-hydrogen) atoms. The van der Waals surface area contributed by atoms with Gasteiger partial charge in [-0.2, -0.15) is 0 Å². The highest BCUT2D eigenvalue weighted by Crippen LogP contribution is 2.30. The van der Waals surface area contributed by atoms with E-state index in [0.717, 1.165) is 0 Å². The second-order valence-corrected chi connectivity index (χ2v) is 4.75. The van der Waals surface area contributed by atoms with E-state index >= 15 is 0 Å². The van der Waals surface area contributed by atoms with Crippen LogP contribution in [0.4, 0.5) is 0 Å². The van der Waals surface area contributed by atoms with Crippen LogP contribution < -0.4 is 5.73 Å². The molecule has 0 amide bonds. The van der Waals surface area contributed by atoms with Crippen molar-refractivity contribution in [3.8, 4) is 10.4 Å². The SMILES string of the molecule is Cc1ccc(-c2cc(CN)cs2)c(C)c1. The lowest BCUT2D eigenvalue weighted by Crippen LogP contribution is -1.92. The third kappa shape index (κ3) is 2.11. The van der Waals surface area contributed by atoms with E-state index in [1.54, 1.807) is 11.3 Å². The zero-order valence-electron chi connectivity index (χ0n) is 9.08. The molecule has 0 radical (unpaired) electrons. The Kier molecular flexibility index (Phi) is 2.89. The summed E-state index contributed by atoms with van der Waals surface area (Å²) in [5.74, 6) is 0. The predicted molar refractivity (Wildman–Crippen MR) is 67.1 cm³/mol. The lowest BCUT2D eigenvalue weighted by molar-refractivity contribution is 1.08. The van der Waals surface area contributed by atoms with Gasteiger partial charge in [-0.05, 0) is 42.0 Å². The van der Waals surface area contributed by atoms with Crippen molar-refractivity contribution in [1.82, 2.24) is 0 Å². The van der Waals surface area contributed by atoms with E-state index < -0.39 is 0 Å². The molecular weight excluding hydrogens is 202 g/mol. The summed E-state index contributed by atoms with van der Waals surface area (Å²) in [6.45, 7) is 4.90. The number of rotatable bonds is 2. The highest BCUT2D eigenvalue weighted by atomic mass is 32.1. The Morgan fingerprint density at radius 3 is 2.60 bits per heavy atom. The average Bonchev–Trinajstić information content (AvgIpc) is 2.66. The minimum absolute atomic E-state index is 0.626. The van der Waals surface area contributed by atoms with Crippen LogP contribution in [0.3, 0.4) is 0 Å². The first kappa shape index (κ1) is 10.4. The van der Waals surface area contributed by atoms with Crippen molar-refractivity contribution in [3.63, 3.8) is 0 Å². The van der Waals surface area contributed by atoms with Crippen molar-refractivity contribution in [2.45, 2.75) is 20.4 Å². The molecule has 0 saturated heterocycles. The first-order valence-electron chi connectivity index (χ1n) is 5.06. The monoisotopic (exact) mass is 217 g/mol. The van der Waals surface area contributed by atoms with Crippen LogP contribution in [-0.2, 0) is 6.54 Å². The molecule has 0 unspecified atom stereocenters. The minimum atomic E-state index is 0.626. The Labute approximate surface area is 94.6 Å². The van der Waals surface area contributed by atoms with E-state index in [1.165, 1.54) is 27.1 Å². The van der Waals surface area contributed by atoms with Crippen LogP contribution in [0.25, 0.3) is 10.4 Å². The van der Waals surface area contributed by atoms with E-state index in [1.807, 2.05) is 0 Å². The van der Waals surface area contributed by atoms with Gasteiger partial charge in [0.05, 0.1) is 0 Å². The summed E-state index contributed by atoms with van der Waals surface area (Å²) in [5, 5.41) is 2.13. The molecule has 0 spiro atoms. The quantitative estimate of drug-likeness (QED) is 0.818. The summed E-state index contributed by atoms with van der Waals surface area (Å²) in [4.78, 5) is 1.31. The molecule has 0 aliphatic heterocycles. The van der Waals surface area contributed by atoms with Gasteiger partial charge in [-0.1, -0.05) is 23.8 Å². The highest BCUT2D eigenvalue weighted by Gasteiger charge is 2.04. The van der Waals surface area contributed by atoms with Gasteiger partial charge in [0.2, 0.25) is 0 Å². The molecule has 0 saturated carbocycles. The van der Waals surface area contributed by atoms with Crippen molar-refractivity contribution in [2.75, 3.05) is 0 Å². The second-order valence-electron chi connectivity index (χ2n) is 3.84. The smallest absolute Gasteiger partial charge is 0.0348 e. The molecule has 0 bridgehead atoms. The molecule has 0 atom stereocenters. The maximum atomic E-state index is 5.61. The molecule has 0 fully saturated rings. The molecule has 1 heterocycles. The van der Waals surface area contributed by atoms with Crippen LogP contribution in [0, 0.1) is 13.8 Å². The number of nitrogens with two attached hydrogens (primary N) is 1. The Balaban J connectivity index is 2.44. The minimum Gasteiger partial charge on any atom is -0.326 e. The topological polar surface area (TPSA) is 26.0 Å². The molecule has 1 nitrogen and oxygen atoms in total. The zero-order chi connectivity index (χ0) is 10.8. The van der Waals surface area contributed by atoms with Gasteiger partial charge >= 0.3 is 0 Å². The standard InChI is InChI=1S/C13H15NS/c1-9-3-4-12(10(2)5-9)13-6-11(7-14)8-15-13/h3-6,8H,7,14H2,1-2H3. The summed E-state index contributed by atoms with van der Waals surface area (Å²) < 4.78 is 0. The molecule has 1 aromatic carbocycles. The number of hydrogen-bond donors (Lipinski definition) is 1. The van der Waals surface area contributed by atoms with Crippen LogP contribution >= 0.6 is 11.3 Å². The van der Waals surface area contributed by atoms with Gasteiger partial charge in [0.15, 0.2) is 0 Å². The normalized spacial score (nSPS) is 10.6. The van der Waals surface area contributed by atoms with Gasteiger partial charge in [-0.3, -0.25) is 0 Å². The van der Waals surface area contributed by atoms with Gasteiger partial charge < -0.3 is 5.73 Å². The van der Waals surface area contributed by atoms with Crippen molar-refractivity contribution < 1.29 is 0 Å². The first-order chi connectivity index (χ1) is 7.20. The lowest BCUT2D eigenvalue weighted by Gasteiger charge is -2.03. The maximum absolute atomic E-state index is 5.61. The lowest BCUT2D eigenvalue weighted by atomic mass is 10.0. The van der Waals surface area contributed by atoms with E-state index in [2.05, 4.69) is 43.5 Å². The Morgan fingerprint density at radius 2 is 2.00 bits per heavy atom. The van der Waals surface area contributed by atoms with Gasteiger partial charge in [0, 0.05) is 11.4 Å². The maximum Gasteiger partial charge on any atom is 0.0348 e. The summed E-state index contributed by atoms with van der Waals surface area (Å²) in [5.41, 5.74) is 10.8. The van der Waals surface area contributed by atoms with E-state index in [9.17, 15) is 0 Å². The van der Waals surface area contributed by atoms with E-state index in [4.69, 9.17) is 5.73 Å². The van der Waals surface area contributed by atoms with Crippen LogP contribution in [0.15, 0.2) is 29.6 Å². The number of hydrogen-bond acceptors (Lipinski definition) is 2. The zero-order valence-corrected chi connectivity index (χ0v) is 9.90. The summed E-state index contributed by atoms with van der Waals surface area (Å²) >= 11 is 1.77. The first-order valence-corrected chi connectivity index (χ1v) is 5.94. The van der Waals surface area contributed by atoms with Crippen molar-refractivity contribution in [1.29, 1.82) is 0 Å². The van der Waals surface area contributed by atoms with Crippen LogP contribution in [0.5, 0.6) is 0 Å². The highest BCUT2D eigenvalue weighted by molar-refractivity contribution is 7.13. The van der Waals surface area contributed by atoms with Crippen molar-refractivity contribution in [3.05, 3.63) is 46.3 Å². The van der Waals surface area contributed by atoms with E-state index in [-0.39, 0.29) is 0 Å². The van der Waals surface area contributed by atoms with Crippen molar-refractivity contribution in [2.24, 2.45) is 5.73 Å². The van der Waals surface area contributed by atoms with Gasteiger partial charge in [-0.15, -0.1) is 11.3 Å². The van der Waals surface area contributed by atoms with Gasteiger partial charge in [0.25, 0.3) is 0 Å². The molecule has 2 rings (SSSR count). The van der Waals surface area contributed by atoms with Crippen molar-refractivity contribution >= 4 is 11.3 Å². The predicted octanol–water partition coefficient (Wildman–Crippen LogP) is 3.49. The fourth-order valence-electron chi connectivity index (χ4n) is 1.71. The largest absolute Gasteiger partial charge is 0.326 e. The van der Waals surface area contributed by atoms with Gasteiger partial charge in [-0.25, -0.2) is 0 Å². The number of benzene rings is 1. The summed E-state index contributed by atoms with van der Waals surface area (Å²) in [6, 6.07) is 8.75. The molecule has 2 heteroatoms. The average molecular weight is 217 g/mol. The number of aryl methyl sites for hydroxylation is 2. The number of thiophene rings is 1. The molecular formula is C13H15NS. The fourth-order valence-corrected chi connectivity index (χ4v) is 2.73. The molecule has 2 N–H and O–H groups in total. The van der Waals surface area contributed by atoms with Crippen LogP contribution in [0.1, 0.15) is 16.7 Å². The molecule has 0 aliphatic carbocycles. The van der Waals surface area contributed by atoms with Crippen LogP contribution in [-0.4, -0.2) is 0 Å². The van der Waals surface area contributed by atoms with Gasteiger partial charge in [0.1, 0.15) is 0 Å². The molecule has 2 aromatic rings. The van der Waals surface area contributed by atoms with E-state index in [0.29, 0.717) is 6.54 Å². The Hall–Kier alpha value is -1.12. The summed E-state index contributed by atoms with van der Waals surface area (Å²) in [7, 11) is 0. The molecule has 0 aliphatic rings. The molecule has 1 aromatic heterocycles. The summed E-state index contributed by atoms with van der Waals surface area (Å²) in [6.07, 6.45) is 0. The third-order valence-electron chi connectivity index (χ3n) is 2.54. The third-order valence-corrected chi connectivity index (χ3v) is 3.55. The second kappa shape index (κ2) is 4.17.